The zero-order chi connectivity index (χ0) is 9.97. The number of hydrogen-bond donors (Lipinski definition) is 1. The Morgan fingerprint density at radius 2 is 1.93 bits per heavy atom. The summed E-state index contributed by atoms with van der Waals surface area (Å²) < 4.78 is 5.16. The third-order valence-electron chi connectivity index (χ3n) is 2.13. The van der Waals surface area contributed by atoms with E-state index in [1.54, 1.807) is 0 Å². The number of nitrogens with zero attached hydrogens (tertiary/aromatic N) is 2. The lowest BCUT2D eigenvalue weighted by Gasteiger charge is -2.05. The summed E-state index contributed by atoms with van der Waals surface area (Å²) in [6.45, 7) is 2.00. The van der Waals surface area contributed by atoms with Gasteiger partial charge in [-0.15, -0.1) is 5.10 Å². The molecule has 0 aliphatic heterocycles. The summed E-state index contributed by atoms with van der Waals surface area (Å²) in [6, 6.07) is 10.1. The molecule has 0 fully saturated rings. The Labute approximate surface area is 81.8 Å². The van der Waals surface area contributed by atoms with Gasteiger partial charge >= 0.3 is 6.01 Å². The predicted molar refractivity (Wildman–Crippen MR) is 52.7 cm³/mol. The topological polar surface area (TPSA) is 64.9 Å². The van der Waals surface area contributed by atoms with Crippen molar-refractivity contribution in [3.8, 4) is 0 Å². The molecule has 1 aromatic carbocycles. The Morgan fingerprint density at radius 1 is 1.21 bits per heavy atom. The molecule has 72 valence electrons. The molecule has 0 radical (unpaired) electrons. The molecule has 1 heterocycles. The lowest BCUT2D eigenvalue weighted by Crippen LogP contribution is -1.95. The molecule has 1 aromatic heterocycles. The maximum absolute atomic E-state index is 5.35. The van der Waals surface area contributed by atoms with Crippen LogP contribution in [0.4, 0.5) is 6.01 Å². The first-order valence-corrected chi connectivity index (χ1v) is 4.41. The molecule has 2 N–H and O–H groups in total. The van der Waals surface area contributed by atoms with Gasteiger partial charge in [-0.05, 0) is 12.5 Å². The highest BCUT2D eigenvalue weighted by molar-refractivity contribution is 5.24. The molecule has 0 aliphatic rings. The van der Waals surface area contributed by atoms with Gasteiger partial charge in [0.15, 0.2) is 0 Å². The molecule has 0 aliphatic carbocycles. The molecule has 2 aromatic rings. The number of anilines is 1. The molecule has 0 saturated carbocycles. The van der Waals surface area contributed by atoms with Crippen molar-refractivity contribution in [3.05, 3.63) is 41.8 Å². The summed E-state index contributed by atoms with van der Waals surface area (Å²) in [6.07, 6.45) is 0. The average Bonchev–Trinajstić information content (AvgIpc) is 2.65. The maximum Gasteiger partial charge on any atom is 0.312 e. The molecule has 2 rings (SSSR count). The van der Waals surface area contributed by atoms with Crippen LogP contribution in [0.15, 0.2) is 34.7 Å². The van der Waals surface area contributed by atoms with Crippen LogP contribution >= 0.6 is 0 Å². The normalized spacial score (nSPS) is 12.6. The number of nitrogen functional groups attached to an aromatic ring is 1. The molecular weight excluding hydrogens is 178 g/mol. The lowest BCUT2D eigenvalue weighted by molar-refractivity contribution is 0.494. The Kier molecular flexibility index (Phi) is 2.18. The summed E-state index contributed by atoms with van der Waals surface area (Å²) in [7, 11) is 0. The van der Waals surface area contributed by atoms with Crippen LogP contribution in [0.25, 0.3) is 0 Å². The van der Waals surface area contributed by atoms with Crippen LogP contribution in [0.1, 0.15) is 24.3 Å². The first-order valence-electron chi connectivity index (χ1n) is 4.41. The smallest absolute Gasteiger partial charge is 0.312 e. The van der Waals surface area contributed by atoms with E-state index in [1.165, 1.54) is 0 Å². The fourth-order valence-corrected chi connectivity index (χ4v) is 1.31. The van der Waals surface area contributed by atoms with E-state index < -0.39 is 0 Å². The van der Waals surface area contributed by atoms with Crippen LogP contribution in [0.3, 0.4) is 0 Å². The van der Waals surface area contributed by atoms with Gasteiger partial charge in [-0.2, -0.15) is 0 Å². The molecule has 1 atom stereocenters. The molecule has 14 heavy (non-hydrogen) atoms. The Hall–Kier alpha value is -1.84. The maximum atomic E-state index is 5.35. The second-order valence-electron chi connectivity index (χ2n) is 3.11. The average molecular weight is 189 g/mol. The zero-order valence-electron chi connectivity index (χ0n) is 7.84. The molecule has 0 bridgehead atoms. The minimum absolute atomic E-state index is 0.0843. The van der Waals surface area contributed by atoms with Gasteiger partial charge in [0.05, 0.1) is 5.92 Å². The second kappa shape index (κ2) is 3.49. The Bertz CT molecular complexity index is 410. The summed E-state index contributed by atoms with van der Waals surface area (Å²) >= 11 is 0. The number of rotatable bonds is 2. The molecule has 4 nitrogen and oxygen atoms in total. The van der Waals surface area contributed by atoms with E-state index in [1.807, 2.05) is 37.3 Å². The van der Waals surface area contributed by atoms with E-state index in [-0.39, 0.29) is 11.9 Å². The zero-order valence-corrected chi connectivity index (χ0v) is 7.84. The van der Waals surface area contributed by atoms with E-state index in [2.05, 4.69) is 10.2 Å². The SMILES string of the molecule is CC(c1ccccc1)c1nnc(N)o1. The first kappa shape index (κ1) is 8.74. The van der Waals surface area contributed by atoms with Crippen molar-refractivity contribution >= 4 is 6.01 Å². The van der Waals surface area contributed by atoms with E-state index in [0.29, 0.717) is 5.89 Å². The van der Waals surface area contributed by atoms with Crippen molar-refractivity contribution in [3.63, 3.8) is 0 Å². The number of benzene rings is 1. The van der Waals surface area contributed by atoms with Crippen molar-refractivity contribution in [2.24, 2.45) is 0 Å². The van der Waals surface area contributed by atoms with Crippen molar-refractivity contribution in [2.75, 3.05) is 5.73 Å². The van der Waals surface area contributed by atoms with Gasteiger partial charge < -0.3 is 10.2 Å². The van der Waals surface area contributed by atoms with Gasteiger partial charge in [-0.25, -0.2) is 0 Å². The summed E-state index contributed by atoms with van der Waals surface area (Å²) in [5, 5.41) is 7.47. The monoisotopic (exact) mass is 189 g/mol. The molecule has 0 spiro atoms. The minimum Gasteiger partial charge on any atom is -0.408 e. The van der Waals surface area contributed by atoms with Gasteiger partial charge in [-0.1, -0.05) is 35.4 Å². The first-order chi connectivity index (χ1) is 6.77. The van der Waals surface area contributed by atoms with E-state index >= 15 is 0 Å². The van der Waals surface area contributed by atoms with Crippen LogP contribution < -0.4 is 5.73 Å². The van der Waals surface area contributed by atoms with Crippen molar-refractivity contribution in [2.45, 2.75) is 12.8 Å². The number of hydrogen-bond acceptors (Lipinski definition) is 4. The van der Waals surface area contributed by atoms with Crippen molar-refractivity contribution in [1.82, 2.24) is 10.2 Å². The Morgan fingerprint density at radius 3 is 2.50 bits per heavy atom. The lowest BCUT2D eigenvalue weighted by atomic mass is 10.0. The number of aromatic nitrogens is 2. The molecule has 0 saturated heterocycles. The largest absolute Gasteiger partial charge is 0.408 e. The molecular formula is C10H11N3O. The van der Waals surface area contributed by atoms with E-state index in [4.69, 9.17) is 10.2 Å². The van der Waals surface area contributed by atoms with Crippen LogP contribution in [0.2, 0.25) is 0 Å². The third-order valence-corrected chi connectivity index (χ3v) is 2.13. The summed E-state index contributed by atoms with van der Waals surface area (Å²) in [5.74, 6) is 0.634. The fraction of sp³-hybridized carbons (Fsp3) is 0.200. The summed E-state index contributed by atoms with van der Waals surface area (Å²) in [4.78, 5) is 0. The van der Waals surface area contributed by atoms with Gasteiger partial charge in [0.2, 0.25) is 5.89 Å². The highest BCUT2D eigenvalue weighted by Crippen LogP contribution is 2.22. The Balaban J connectivity index is 2.29. The molecule has 0 amide bonds. The van der Waals surface area contributed by atoms with E-state index in [0.717, 1.165) is 5.56 Å². The van der Waals surface area contributed by atoms with Crippen LogP contribution in [0.5, 0.6) is 0 Å². The van der Waals surface area contributed by atoms with Crippen LogP contribution in [-0.2, 0) is 0 Å². The minimum atomic E-state index is 0.0843. The fourth-order valence-electron chi connectivity index (χ4n) is 1.31. The quantitative estimate of drug-likeness (QED) is 0.782. The van der Waals surface area contributed by atoms with Gasteiger partial charge in [0.1, 0.15) is 0 Å². The predicted octanol–water partition coefficient (Wildman–Crippen LogP) is 1.80. The standard InChI is InChI=1S/C10H11N3O/c1-7(8-5-3-2-4-6-8)9-12-13-10(11)14-9/h2-7H,1H3,(H2,11,13). The van der Waals surface area contributed by atoms with Crippen molar-refractivity contribution < 1.29 is 4.42 Å². The third kappa shape index (κ3) is 1.59. The van der Waals surface area contributed by atoms with Crippen LogP contribution in [0, 0.1) is 0 Å². The van der Waals surface area contributed by atoms with Gasteiger partial charge in [-0.3, -0.25) is 0 Å². The van der Waals surface area contributed by atoms with Gasteiger partial charge in [0, 0.05) is 0 Å². The summed E-state index contributed by atoms with van der Waals surface area (Å²) in [5.41, 5.74) is 6.49. The van der Waals surface area contributed by atoms with Crippen LogP contribution in [-0.4, -0.2) is 10.2 Å². The van der Waals surface area contributed by atoms with Crippen molar-refractivity contribution in [1.29, 1.82) is 0 Å². The molecule has 4 heteroatoms. The second-order valence-corrected chi connectivity index (χ2v) is 3.11. The van der Waals surface area contributed by atoms with Gasteiger partial charge in [0.25, 0.3) is 0 Å². The number of nitrogens with two attached hydrogens (primary N) is 1. The van der Waals surface area contributed by atoms with E-state index in [9.17, 15) is 0 Å². The highest BCUT2D eigenvalue weighted by Gasteiger charge is 2.14. The highest BCUT2D eigenvalue weighted by atomic mass is 16.4. The molecule has 1 unspecified atom stereocenters.